The van der Waals surface area contributed by atoms with Gasteiger partial charge in [0.05, 0.1) is 17.7 Å². The van der Waals surface area contributed by atoms with Crippen molar-refractivity contribution in [2.24, 2.45) is 10.1 Å². The van der Waals surface area contributed by atoms with Crippen molar-refractivity contribution in [3.8, 4) is 0 Å². The molecule has 1 atom stereocenters. The van der Waals surface area contributed by atoms with Crippen LogP contribution in [-0.2, 0) is 4.84 Å². The predicted octanol–water partition coefficient (Wildman–Crippen LogP) is 5.04. The molecule has 1 aliphatic heterocycles. The summed E-state index contributed by atoms with van der Waals surface area (Å²) < 4.78 is 0. The van der Waals surface area contributed by atoms with Gasteiger partial charge in [-0.3, -0.25) is 0 Å². The zero-order chi connectivity index (χ0) is 18.0. The molecule has 0 bridgehead atoms. The van der Waals surface area contributed by atoms with Crippen LogP contribution in [-0.4, -0.2) is 31.0 Å². The summed E-state index contributed by atoms with van der Waals surface area (Å²) in [5.74, 6) is 0. The zero-order valence-corrected chi connectivity index (χ0v) is 15.7. The van der Waals surface area contributed by atoms with Crippen molar-refractivity contribution < 1.29 is 4.84 Å². The molecule has 2 aromatic rings. The maximum atomic E-state index is 6.28. The molecular formula is C20H22ClN3O. The lowest BCUT2D eigenvalue weighted by atomic mass is 9.95. The fourth-order valence-electron chi connectivity index (χ4n) is 2.89. The first-order chi connectivity index (χ1) is 12.0. The van der Waals surface area contributed by atoms with Crippen LogP contribution in [0.4, 0.5) is 5.69 Å². The van der Waals surface area contributed by atoms with E-state index in [2.05, 4.69) is 36.1 Å². The molecular weight excluding hydrogens is 334 g/mol. The Morgan fingerprint density at radius 3 is 2.68 bits per heavy atom. The number of nitrogens with zero attached hydrogens (tertiary/aromatic N) is 3. The molecule has 1 heterocycles. The van der Waals surface area contributed by atoms with Crippen LogP contribution in [0.1, 0.15) is 34.8 Å². The van der Waals surface area contributed by atoms with E-state index in [-0.39, 0.29) is 6.10 Å². The number of hydrogen-bond donors (Lipinski definition) is 0. The summed E-state index contributed by atoms with van der Waals surface area (Å²) in [6, 6.07) is 12.0. The lowest BCUT2D eigenvalue weighted by Crippen LogP contribution is -2.07. The number of halogens is 1. The average Bonchev–Trinajstić information content (AvgIpc) is 3.05. The third-order valence-corrected chi connectivity index (χ3v) is 4.54. The van der Waals surface area contributed by atoms with Gasteiger partial charge in [0.1, 0.15) is 0 Å². The largest absolute Gasteiger partial charge is 0.387 e. The second-order valence-corrected chi connectivity index (χ2v) is 6.93. The minimum absolute atomic E-state index is 0.0862. The highest BCUT2D eigenvalue weighted by Crippen LogP contribution is 2.35. The van der Waals surface area contributed by atoms with Crippen molar-refractivity contribution in [3.05, 3.63) is 63.7 Å². The van der Waals surface area contributed by atoms with Gasteiger partial charge in [0.2, 0.25) is 0 Å². The summed E-state index contributed by atoms with van der Waals surface area (Å²) in [5, 5.41) is 4.97. The number of hydrogen-bond acceptors (Lipinski definition) is 3. The maximum Gasteiger partial charge on any atom is 0.158 e. The Morgan fingerprint density at radius 2 is 1.96 bits per heavy atom. The van der Waals surface area contributed by atoms with Gasteiger partial charge in [0.15, 0.2) is 6.10 Å². The van der Waals surface area contributed by atoms with Crippen LogP contribution in [0.5, 0.6) is 0 Å². The summed E-state index contributed by atoms with van der Waals surface area (Å²) in [7, 11) is 3.92. The van der Waals surface area contributed by atoms with E-state index in [1.807, 2.05) is 49.6 Å². The lowest BCUT2D eigenvalue weighted by molar-refractivity contribution is 0.0852. The normalized spacial score (nSPS) is 16.8. The van der Waals surface area contributed by atoms with Crippen LogP contribution in [0.3, 0.4) is 0 Å². The van der Waals surface area contributed by atoms with Gasteiger partial charge in [-0.2, -0.15) is 0 Å². The molecule has 0 fully saturated rings. The molecule has 0 saturated heterocycles. The Hall–Kier alpha value is -2.33. The van der Waals surface area contributed by atoms with Crippen LogP contribution in [0, 0.1) is 13.8 Å². The molecule has 0 aliphatic carbocycles. The Bertz CT molecular complexity index is 843. The van der Waals surface area contributed by atoms with E-state index < -0.39 is 0 Å². The number of oxime groups is 1. The van der Waals surface area contributed by atoms with Crippen molar-refractivity contribution >= 4 is 29.3 Å². The molecule has 0 saturated carbocycles. The quantitative estimate of drug-likeness (QED) is 0.568. The zero-order valence-electron chi connectivity index (χ0n) is 15.0. The Morgan fingerprint density at radius 1 is 1.20 bits per heavy atom. The van der Waals surface area contributed by atoms with Crippen LogP contribution >= 0.6 is 11.6 Å². The van der Waals surface area contributed by atoms with E-state index in [4.69, 9.17) is 16.4 Å². The first kappa shape index (κ1) is 17.5. The first-order valence-corrected chi connectivity index (χ1v) is 8.63. The molecule has 0 radical (unpaired) electrons. The molecule has 4 nitrogen and oxygen atoms in total. The van der Waals surface area contributed by atoms with Crippen LogP contribution < -0.4 is 0 Å². The van der Waals surface area contributed by atoms with Gasteiger partial charge in [0.25, 0.3) is 0 Å². The van der Waals surface area contributed by atoms with Crippen molar-refractivity contribution in [1.29, 1.82) is 0 Å². The minimum Gasteiger partial charge on any atom is -0.387 e. The number of benzene rings is 2. The van der Waals surface area contributed by atoms with Gasteiger partial charge in [-0.05, 0) is 48.7 Å². The molecule has 0 amide bonds. The average molecular weight is 356 g/mol. The van der Waals surface area contributed by atoms with Crippen LogP contribution in [0.2, 0.25) is 5.02 Å². The van der Waals surface area contributed by atoms with Crippen LogP contribution in [0.15, 0.2) is 46.5 Å². The molecule has 1 unspecified atom stereocenters. The highest BCUT2D eigenvalue weighted by molar-refractivity contribution is 6.34. The maximum absolute atomic E-state index is 6.28. The van der Waals surface area contributed by atoms with Crippen molar-refractivity contribution in [3.63, 3.8) is 0 Å². The van der Waals surface area contributed by atoms with E-state index in [0.717, 1.165) is 33.7 Å². The molecule has 0 aromatic heterocycles. The van der Waals surface area contributed by atoms with E-state index in [1.165, 1.54) is 0 Å². The van der Waals surface area contributed by atoms with E-state index in [0.29, 0.717) is 11.4 Å². The smallest absolute Gasteiger partial charge is 0.158 e. The monoisotopic (exact) mass is 355 g/mol. The van der Waals surface area contributed by atoms with Gasteiger partial charge < -0.3 is 9.74 Å². The number of rotatable bonds is 4. The molecule has 3 rings (SSSR count). The summed E-state index contributed by atoms with van der Waals surface area (Å²) in [4.78, 5) is 12.2. The standard InChI is InChI=1S/C20H22ClN3O/c1-13-10-18(22-12-24(3)4)14(2)9-16(13)20-11-19(23-25-20)15-7-5-6-8-17(15)21/h5-10,12,20H,11H2,1-4H3/b22-12-. The van der Waals surface area contributed by atoms with Crippen LogP contribution in [0.25, 0.3) is 0 Å². The molecule has 5 heteroatoms. The Balaban J connectivity index is 1.82. The predicted molar refractivity (Wildman–Crippen MR) is 104 cm³/mol. The summed E-state index contributed by atoms with van der Waals surface area (Å²) in [5.41, 5.74) is 6.22. The molecule has 130 valence electrons. The molecule has 0 spiro atoms. The SMILES string of the molecule is Cc1cc(C2CC(c3ccccc3Cl)=NO2)c(C)cc1/N=C\N(C)C. The molecule has 2 aromatic carbocycles. The minimum atomic E-state index is -0.0862. The summed E-state index contributed by atoms with van der Waals surface area (Å²) in [6.45, 7) is 4.15. The third-order valence-electron chi connectivity index (χ3n) is 4.21. The van der Waals surface area contributed by atoms with Crippen molar-refractivity contribution in [2.75, 3.05) is 14.1 Å². The van der Waals surface area contributed by atoms with Gasteiger partial charge in [-0.15, -0.1) is 0 Å². The van der Waals surface area contributed by atoms with Crippen molar-refractivity contribution in [1.82, 2.24) is 4.90 Å². The summed E-state index contributed by atoms with van der Waals surface area (Å²) >= 11 is 6.28. The number of aryl methyl sites for hydroxylation is 2. The van der Waals surface area contributed by atoms with Gasteiger partial charge in [-0.1, -0.05) is 35.0 Å². The Kier molecular flexibility index (Phi) is 5.09. The fraction of sp³-hybridized carbons (Fsp3) is 0.300. The van der Waals surface area contributed by atoms with E-state index >= 15 is 0 Å². The van der Waals surface area contributed by atoms with Gasteiger partial charge in [-0.25, -0.2) is 4.99 Å². The Labute approximate surface area is 153 Å². The highest BCUT2D eigenvalue weighted by Gasteiger charge is 2.26. The first-order valence-electron chi connectivity index (χ1n) is 8.25. The third kappa shape index (κ3) is 3.85. The number of aliphatic imine (C=N–C) groups is 1. The second-order valence-electron chi connectivity index (χ2n) is 6.52. The summed E-state index contributed by atoms with van der Waals surface area (Å²) in [6.07, 6.45) is 2.44. The topological polar surface area (TPSA) is 37.2 Å². The second kappa shape index (κ2) is 7.28. The lowest BCUT2D eigenvalue weighted by Gasteiger charge is -2.14. The fourth-order valence-corrected chi connectivity index (χ4v) is 3.13. The van der Waals surface area contributed by atoms with E-state index in [9.17, 15) is 0 Å². The highest BCUT2D eigenvalue weighted by atomic mass is 35.5. The van der Waals surface area contributed by atoms with Crippen molar-refractivity contribution in [2.45, 2.75) is 26.4 Å². The molecule has 1 aliphatic rings. The molecule has 25 heavy (non-hydrogen) atoms. The van der Waals surface area contributed by atoms with Gasteiger partial charge >= 0.3 is 0 Å². The van der Waals surface area contributed by atoms with E-state index in [1.54, 1.807) is 0 Å². The van der Waals surface area contributed by atoms with Gasteiger partial charge in [0, 0.05) is 31.1 Å². The molecule has 0 N–H and O–H groups in total.